The molecule has 0 aromatic heterocycles. The summed E-state index contributed by atoms with van der Waals surface area (Å²) in [5, 5.41) is 19.8. The summed E-state index contributed by atoms with van der Waals surface area (Å²) < 4.78 is 0. The third-order valence-corrected chi connectivity index (χ3v) is 15.5. The van der Waals surface area contributed by atoms with Crippen LogP contribution in [-0.4, -0.2) is 16.1 Å². The Hall–Kier alpha value is -6.19. The van der Waals surface area contributed by atoms with E-state index in [0.29, 0.717) is 11.3 Å². The number of hydrogen-bond acceptors (Lipinski definition) is 3. The van der Waals surface area contributed by atoms with Crippen molar-refractivity contribution in [1.82, 2.24) is 0 Å². The van der Waals surface area contributed by atoms with Crippen molar-refractivity contribution in [3.63, 3.8) is 0 Å². The van der Waals surface area contributed by atoms with E-state index in [1.807, 2.05) is 24.3 Å². The third-order valence-electron chi connectivity index (χ3n) is 11.3. The molecule has 280 valence electrons. The molecule has 57 heavy (non-hydrogen) atoms. The highest BCUT2D eigenvalue weighted by Gasteiger charge is 2.25. The highest BCUT2D eigenvalue weighted by molar-refractivity contribution is 6.89. The Balaban J connectivity index is 1.42. The van der Waals surface area contributed by atoms with Crippen LogP contribution in [0.2, 0.25) is 39.3 Å². The summed E-state index contributed by atoms with van der Waals surface area (Å²) in [5.41, 5.74) is 8.96. The van der Waals surface area contributed by atoms with E-state index in [-0.39, 0.29) is 5.92 Å². The summed E-state index contributed by atoms with van der Waals surface area (Å²) in [6.45, 7) is 26.5. The van der Waals surface area contributed by atoms with Crippen LogP contribution >= 0.6 is 0 Å². The molecule has 0 atom stereocenters. The number of benzene rings is 8. The van der Waals surface area contributed by atoms with E-state index in [9.17, 15) is 5.26 Å². The lowest BCUT2D eigenvalue weighted by Gasteiger charge is -2.31. The van der Waals surface area contributed by atoms with Gasteiger partial charge < -0.3 is 9.80 Å². The van der Waals surface area contributed by atoms with Gasteiger partial charge in [0.05, 0.1) is 45.7 Å². The molecule has 0 saturated heterocycles. The minimum absolute atomic E-state index is 0.272. The van der Waals surface area contributed by atoms with Crippen LogP contribution in [0.4, 0.5) is 39.8 Å². The van der Waals surface area contributed by atoms with E-state index < -0.39 is 16.1 Å². The summed E-state index contributed by atoms with van der Waals surface area (Å²) in [6.07, 6.45) is 0. The van der Waals surface area contributed by atoms with Gasteiger partial charge in [-0.1, -0.05) is 130 Å². The normalized spacial score (nSPS) is 12.0. The summed E-state index contributed by atoms with van der Waals surface area (Å²) in [6, 6.07) is 52.6. The molecule has 0 aliphatic rings. The number of anilines is 6. The molecule has 0 fully saturated rings. The van der Waals surface area contributed by atoms with E-state index in [1.54, 1.807) is 0 Å². The van der Waals surface area contributed by atoms with Crippen LogP contribution in [0.15, 0.2) is 140 Å². The minimum Gasteiger partial charge on any atom is -0.310 e. The predicted molar refractivity (Wildman–Crippen MR) is 251 cm³/mol. The molecule has 0 bridgehead atoms. The van der Waals surface area contributed by atoms with Gasteiger partial charge in [-0.2, -0.15) is 5.26 Å². The molecule has 0 spiro atoms. The molecule has 0 unspecified atom stereocenters. The topological polar surface area (TPSA) is 34.6 Å². The first-order chi connectivity index (χ1) is 27.3. The quantitative estimate of drug-likeness (QED) is 0.0832. The van der Waals surface area contributed by atoms with Gasteiger partial charge >= 0.3 is 0 Å². The Labute approximate surface area is 339 Å². The molecule has 0 radical (unpaired) electrons. The van der Waals surface area contributed by atoms with Gasteiger partial charge in [0, 0.05) is 33.5 Å². The smallest absolute Gasteiger partial charge is 0.187 e. The van der Waals surface area contributed by atoms with E-state index in [0.717, 1.165) is 34.1 Å². The summed E-state index contributed by atoms with van der Waals surface area (Å²) in [7, 11) is -3.04. The first-order valence-corrected chi connectivity index (χ1v) is 26.8. The molecule has 8 aromatic rings. The van der Waals surface area contributed by atoms with Gasteiger partial charge in [-0.3, -0.25) is 0 Å². The lowest BCUT2D eigenvalue weighted by molar-refractivity contribution is 0.876. The molecule has 8 aromatic carbocycles. The highest BCUT2D eigenvalue weighted by Crippen LogP contribution is 2.49. The second-order valence-corrected chi connectivity index (χ2v) is 27.7. The number of hydrogen-bond donors (Lipinski definition) is 0. The van der Waals surface area contributed by atoms with E-state index in [2.05, 4.69) is 189 Å². The molecular weight excluding hydrogens is 725 g/mol. The number of nitriles is 1. The van der Waals surface area contributed by atoms with Crippen LogP contribution in [0.3, 0.4) is 0 Å². The Morgan fingerprint density at radius 2 is 0.965 bits per heavy atom. The molecule has 0 heterocycles. The van der Waals surface area contributed by atoms with Gasteiger partial charge in [0.1, 0.15) is 0 Å². The average molecular weight is 773 g/mol. The summed E-state index contributed by atoms with van der Waals surface area (Å²) in [5.74, 6) is 0.272. The van der Waals surface area contributed by atoms with Crippen molar-refractivity contribution in [2.75, 3.05) is 9.80 Å². The van der Waals surface area contributed by atoms with Crippen molar-refractivity contribution in [3.05, 3.63) is 162 Å². The second kappa shape index (κ2) is 14.4. The molecular formula is C51H48N4Si2. The van der Waals surface area contributed by atoms with E-state index in [4.69, 9.17) is 6.57 Å². The Bertz CT molecular complexity index is 2830. The maximum absolute atomic E-state index is 9.67. The lowest BCUT2D eigenvalue weighted by Crippen LogP contribution is -2.37. The molecule has 8 rings (SSSR count). The van der Waals surface area contributed by atoms with Crippen molar-refractivity contribution < 1.29 is 0 Å². The predicted octanol–water partition coefficient (Wildman–Crippen LogP) is 14.2. The van der Waals surface area contributed by atoms with Gasteiger partial charge in [-0.25, -0.2) is 4.85 Å². The standard InChI is InChI=1S/C51H48N4Si2/c1-34(2)47-32-49(55(39-18-14-37(53-3)15-19-39)41-22-26-43(27-23-41)57(7,8)9)46-28-12-36-13-31-48(45-30-29-44(47)51(46)50(36)45)54(38-16-10-35(33-52)11-17-38)40-20-24-42(25-21-40)56(4,5)6/h10-32,34H,1-2,4-9H3. The third kappa shape index (κ3) is 6.86. The fraction of sp³-hybridized carbons (Fsp3) is 0.176. The van der Waals surface area contributed by atoms with Crippen LogP contribution in [0, 0.1) is 17.9 Å². The van der Waals surface area contributed by atoms with Crippen molar-refractivity contribution in [3.8, 4) is 6.07 Å². The Morgan fingerprint density at radius 1 is 0.526 bits per heavy atom. The monoisotopic (exact) mass is 772 g/mol. The zero-order valence-electron chi connectivity index (χ0n) is 34.1. The molecule has 6 heteroatoms. The van der Waals surface area contributed by atoms with Crippen LogP contribution in [0.5, 0.6) is 0 Å². The van der Waals surface area contributed by atoms with Gasteiger partial charge in [0.2, 0.25) is 0 Å². The highest BCUT2D eigenvalue weighted by atomic mass is 28.3. The van der Waals surface area contributed by atoms with Crippen LogP contribution in [0.1, 0.15) is 30.9 Å². The Morgan fingerprint density at radius 3 is 1.46 bits per heavy atom. The van der Waals surface area contributed by atoms with Crippen LogP contribution in [-0.2, 0) is 0 Å². The van der Waals surface area contributed by atoms with Crippen LogP contribution in [0.25, 0.3) is 37.2 Å². The summed E-state index contributed by atoms with van der Waals surface area (Å²) >= 11 is 0. The Kier molecular flexibility index (Phi) is 9.53. The zero-order chi connectivity index (χ0) is 40.2. The fourth-order valence-electron chi connectivity index (χ4n) is 8.18. The molecule has 0 N–H and O–H groups in total. The van der Waals surface area contributed by atoms with Crippen molar-refractivity contribution in [1.29, 1.82) is 5.26 Å². The average Bonchev–Trinajstić information content (AvgIpc) is 3.21. The van der Waals surface area contributed by atoms with E-state index >= 15 is 0 Å². The maximum Gasteiger partial charge on any atom is 0.187 e. The molecule has 0 aliphatic carbocycles. The SMILES string of the molecule is [C-]#[N+]c1ccc(N(c2ccc([Si](C)(C)C)cc2)c2cc(C(C)C)c3ccc4c(N(c5ccc(C#N)cc5)c5ccc([Si](C)(C)C)cc5)ccc5ccc2c3c54)cc1. The minimum atomic E-state index is -1.52. The number of rotatable bonds is 9. The largest absolute Gasteiger partial charge is 0.310 e. The van der Waals surface area contributed by atoms with Crippen LogP contribution < -0.4 is 20.2 Å². The molecule has 0 aliphatic heterocycles. The van der Waals surface area contributed by atoms with Crippen molar-refractivity contribution in [2.24, 2.45) is 0 Å². The van der Waals surface area contributed by atoms with Crippen molar-refractivity contribution in [2.45, 2.75) is 59.0 Å². The lowest BCUT2D eigenvalue weighted by atomic mass is 9.86. The maximum atomic E-state index is 9.67. The second-order valence-electron chi connectivity index (χ2n) is 17.5. The zero-order valence-corrected chi connectivity index (χ0v) is 36.1. The van der Waals surface area contributed by atoms with Gasteiger partial charge in [-0.15, -0.1) is 0 Å². The molecule has 0 amide bonds. The molecule has 4 nitrogen and oxygen atoms in total. The first kappa shape index (κ1) is 37.7. The number of nitrogens with zero attached hydrogens (tertiary/aromatic N) is 4. The summed E-state index contributed by atoms with van der Waals surface area (Å²) in [4.78, 5) is 8.43. The van der Waals surface area contributed by atoms with Gasteiger partial charge in [-0.05, 0) is 106 Å². The van der Waals surface area contributed by atoms with Crippen molar-refractivity contribution >= 4 is 98.7 Å². The molecule has 0 saturated carbocycles. The van der Waals surface area contributed by atoms with Gasteiger partial charge in [0.25, 0.3) is 0 Å². The first-order valence-electron chi connectivity index (χ1n) is 19.8. The fourth-order valence-corrected chi connectivity index (χ4v) is 10.5. The van der Waals surface area contributed by atoms with Gasteiger partial charge in [0.15, 0.2) is 5.69 Å². The van der Waals surface area contributed by atoms with E-state index in [1.165, 1.54) is 48.3 Å².